The Morgan fingerprint density at radius 3 is 2.78 bits per heavy atom. The molecular weight excluding hydrogens is 302 g/mol. The number of ether oxygens (including phenoxy) is 1. The van der Waals surface area contributed by atoms with E-state index in [-0.39, 0.29) is 11.5 Å². The normalized spacial score (nSPS) is 10.1. The Bertz CT molecular complexity index is 448. The zero-order valence-corrected chi connectivity index (χ0v) is 11.5. The molecule has 0 heterocycles. The molecule has 1 aromatic carbocycles. The number of rotatable bonds is 6. The minimum Gasteiger partial charge on any atom is -0.478 e. The molecule has 5 nitrogen and oxygen atoms in total. The molecule has 98 valence electrons. The number of anilines is 1. The van der Waals surface area contributed by atoms with Crippen LogP contribution in [-0.4, -0.2) is 30.7 Å². The van der Waals surface area contributed by atoms with Gasteiger partial charge in [0.25, 0.3) is 0 Å². The van der Waals surface area contributed by atoms with E-state index in [1.165, 1.54) is 6.07 Å². The first-order valence-electron chi connectivity index (χ1n) is 5.36. The molecule has 1 aromatic rings. The topological polar surface area (TPSA) is 75.6 Å². The van der Waals surface area contributed by atoms with Crippen molar-refractivity contribution in [1.82, 2.24) is 0 Å². The summed E-state index contributed by atoms with van der Waals surface area (Å²) >= 11 is 3.19. The minimum atomic E-state index is -1.08. The van der Waals surface area contributed by atoms with E-state index < -0.39 is 5.97 Å². The first kappa shape index (κ1) is 14.7. The summed E-state index contributed by atoms with van der Waals surface area (Å²) in [4.78, 5) is 22.6. The third-order valence-electron chi connectivity index (χ3n) is 2.24. The molecule has 0 spiro atoms. The van der Waals surface area contributed by atoms with E-state index in [2.05, 4.69) is 21.2 Å². The fraction of sp³-hybridized carbons (Fsp3) is 0.333. The van der Waals surface area contributed by atoms with Gasteiger partial charge < -0.3 is 15.2 Å². The van der Waals surface area contributed by atoms with E-state index in [4.69, 9.17) is 9.84 Å². The Labute approximate surface area is 113 Å². The maximum atomic E-state index is 11.6. The zero-order valence-electron chi connectivity index (χ0n) is 9.90. The number of carboxylic acids is 1. The maximum Gasteiger partial charge on any atom is 0.337 e. The summed E-state index contributed by atoms with van der Waals surface area (Å²) in [6.45, 7) is 0.500. The first-order valence-corrected chi connectivity index (χ1v) is 6.15. The van der Waals surface area contributed by atoms with Gasteiger partial charge in [0, 0.05) is 24.6 Å². The Morgan fingerprint density at radius 2 is 2.17 bits per heavy atom. The summed E-state index contributed by atoms with van der Waals surface area (Å²) in [5.41, 5.74) is 0.359. The molecule has 0 aliphatic rings. The average Bonchev–Trinajstić information content (AvgIpc) is 2.31. The third kappa shape index (κ3) is 4.46. The third-order valence-corrected chi connectivity index (χ3v) is 2.73. The Hall–Kier alpha value is -1.40. The Balaban J connectivity index is 2.72. The van der Waals surface area contributed by atoms with E-state index in [1.54, 1.807) is 19.2 Å². The van der Waals surface area contributed by atoms with Crippen LogP contribution in [0.2, 0.25) is 0 Å². The van der Waals surface area contributed by atoms with Crippen LogP contribution >= 0.6 is 15.9 Å². The molecule has 0 saturated heterocycles. The van der Waals surface area contributed by atoms with E-state index in [9.17, 15) is 9.59 Å². The highest BCUT2D eigenvalue weighted by molar-refractivity contribution is 9.10. The molecule has 0 atom stereocenters. The predicted molar refractivity (Wildman–Crippen MR) is 70.8 cm³/mol. The van der Waals surface area contributed by atoms with Crippen molar-refractivity contribution in [2.45, 2.75) is 12.8 Å². The monoisotopic (exact) mass is 315 g/mol. The number of carbonyl (C=O) groups excluding carboxylic acids is 1. The standard InChI is InChI=1S/C12H14BrNO4/c1-18-6-2-3-11(15)14-10-5-4-8(13)7-9(10)12(16)17/h4-5,7H,2-3,6H2,1H3,(H,14,15)(H,16,17). The van der Waals surface area contributed by atoms with E-state index in [1.807, 2.05) is 0 Å². The van der Waals surface area contributed by atoms with Crippen LogP contribution in [0, 0.1) is 0 Å². The second-order valence-corrected chi connectivity index (χ2v) is 4.56. The molecule has 0 aliphatic carbocycles. The molecule has 0 radical (unpaired) electrons. The van der Waals surface area contributed by atoms with Crippen LogP contribution < -0.4 is 5.32 Å². The Kier molecular flexibility index (Phi) is 5.80. The quantitative estimate of drug-likeness (QED) is 0.791. The maximum absolute atomic E-state index is 11.6. The van der Waals surface area contributed by atoms with E-state index in [0.717, 1.165) is 0 Å². The molecule has 0 fully saturated rings. The van der Waals surface area contributed by atoms with Crippen LogP contribution in [0.25, 0.3) is 0 Å². The summed E-state index contributed by atoms with van der Waals surface area (Å²) in [7, 11) is 1.56. The lowest BCUT2D eigenvalue weighted by molar-refractivity contribution is -0.116. The summed E-state index contributed by atoms with van der Waals surface area (Å²) in [6.07, 6.45) is 0.893. The van der Waals surface area contributed by atoms with Gasteiger partial charge in [-0.2, -0.15) is 0 Å². The van der Waals surface area contributed by atoms with Gasteiger partial charge >= 0.3 is 5.97 Å². The van der Waals surface area contributed by atoms with Crippen molar-refractivity contribution in [3.8, 4) is 0 Å². The van der Waals surface area contributed by atoms with Gasteiger partial charge in [0.2, 0.25) is 5.91 Å². The van der Waals surface area contributed by atoms with Crippen molar-refractivity contribution in [3.63, 3.8) is 0 Å². The molecular formula is C12H14BrNO4. The van der Waals surface area contributed by atoms with Crippen molar-refractivity contribution in [3.05, 3.63) is 28.2 Å². The lowest BCUT2D eigenvalue weighted by Gasteiger charge is -2.08. The zero-order chi connectivity index (χ0) is 13.5. The predicted octanol–water partition coefficient (Wildman–Crippen LogP) is 2.51. The Morgan fingerprint density at radius 1 is 1.44 bits per heavy atom. The number of amides is 1. The number of hydrogen-bond donors (Lipinski definition) is 2. The number of carbonyl (C=O) groups is 2. The van der Waals surface area contributed by atoms with Crippen molar-refractivity contribution in [1.29, 1.82) is 0 Å². The summed E-state index contributed by atoms with van der Waals surface area (Å²) in [5.74, 6) is -1.31. The number of benzene rings is 1. The van der Waals surface area contributed by atoms with Gasteiger partial charge in [0.05, 0.1) is 11.3 Å². The number of aromatic carboxylic acids is 1. The highest BCUT2D eigenvalue weighted by Crippen LogP contribution is 2.21. The van der Waals surface area contributed by atoms with Crippen LogP contribution in [-0.2, 0) is 9.53 Å². The number of nitrogens with one attached hydrogen (secondary N) is 1. The number of hydrogen-bond acceptors (Lipinski definition) is 3. The molecule has 0 aromatic heterocycles. The summed E-state index contributed by atoms with van der Waals surface area (Å²) < 4.78 is 5.49. The molecule has 0 unspecified atom stereocenters. The van der Waals surface area contributed by atoms with Crippen LogP contribution in [0.4, 0.5) is 5.69 Å². The second kappa shape index (κ2) is 7.13. The molecule has 1 rings (SSSR count). The van der Waals surface area contributed by atoms with Gasteiger partial charge in [-0.25, -0.2) is 4.79 Å². The highest BCUT2D eigenvalue weighted by atomic mass is 79.9. The van der Waals surface area contributed by atoms with Crippen LogP contribution in [0.3, 0.4) is 0 Å². The minimum absolute atomic E-state index is 0.0597. The number of carboxylic acid groups (broad SMARTS) is 1. The van der Waals surface area contributed by atoms with Gasteiger partial charge in [-0.15, -0.1) is 0 Å². The van der Waals surface area contributed by atoms with Crippen LogP contribution in [0.15, 0.2) is 22.7 Å². The lowest BCUT2D eigenvalue weighted by atomic mass is 10.1. The van der Waals surface area contributed by atoms with Crippen LogP contribution in [0.5, 0.6) is 0 Å². The molecule has 2 N–H and O–H groups in total. The van der Waals surface area contributed by atoms with Crippen LogP contribution in [0.1, 0.15) is 23.2 Å². The van der Waals surface area contributed by atoms with E-state index in [0.29, 0.717) is 29.6 Å². The largest absolute Gasteiger partial charge is 0.478 e. The van der Waals surface area contributed by atoms with Gasteiger partial charge in [-0.3, -0.25) is 4.79 Å². The van der Waals surface area contributed by atoms with Crippen molar-refractivity contribution < 1.29 is 19.4 Å². The highest BCUT2D eigenvalue weighted by Gasteiger charge is 2.12. The number of methoxy groups -OCH3 is 1. The fourth-order valence-corrected chi connectivity index (χ4v) is 1.75. The van der Waals surface area contributed by atoms with Gasteiger partial charge in [0.15, 0.2) is 0 Å². The SMILES string of the molecule is COCCCC(=O)Nc1ccc(Br)cc1C(=O)O. The summed E-state index contributed by atoms with van der Waals surface area (Å²) in [5, 5.41) is 11.6. The fourth-order valence-electron chi connectivity index (χ4n) is 1.39. The smallest absolute Gasteiger partial charge is 0.337 e. The molecule has 0 bridgehead atoms. The lowest BCUT2D eigenvalue weighted by Crippen LogP contribution is -2.15. The second-order valence-electron chi connectivity index (χ2n) is 3.64. The number of halogens is 1. The molecule has 6 heteroatoms. The van der Waals surface area contributed by atoms with Gasteiger partial charge in [-0.05, 0) is 24.6 Å². The molecule has 0 saturated carbocycles. The molecule has 1 amide bonds. The van der Waals surface area contributed by atoms with E-state index >= 15 is 0 Å². The molecule has 0 aliphatic heterocycles. The molecule has 18 heavy (non-hydrogen) atoms. The van der Waals surface area contributed by atoms with Crippen molar-refractivity contribution in [2.24, 2.45) is 0 Å². The van der Waals surface area contributed by atoms with Gasteiger partial charge in [0.1, 0.15) is 0 Å². The first-order chi connectivity index (χ1) is 8.54. The average molecular weight is 316 g/mol. The van der Waals surface area contributed by atoms with Crippen molar-refractivity contribution >= 4 is 33.5 Å². The van der Waals surface area contributed by atoms with Gasteiger partial charge in [-0.1, -0.05) is 15.9 Å². The van der Waals surface area contributed by atoms with Crippen molar-refractivity contribution in [2.75, 3.05) is 19.0 Å². The summed E-state index contributed by atoms with van der Waals surface area (Å²) in [6, 6.07) is 4.69.